The maximum Gasteiger partial charge on any atom is 0.226 e. The summed E-state index contributed by atoms with van der Waals surface area (Å²) in [7, 11) is 0. The normalized spacial score (nSPS) is 9.88. The summed E-state index contributed by atoms with van der Waals surface area (Å²) in [5.41, 5.74) is 1.54. The van der Waals surface area contributed by atoms with Gasteiger partial charge in [0.05, 0.1) is 11.3 Å². The molecule has 5 nitrogen and oxygen atoms in total. The minimum Gasteiger partial charge on any atom is -0.326 e. The standard InChI is InChI=1S/C18H16ClN3O2/c1-13(23)22(17-5-3-2-4-14(17)12-20)11-10-18(24)21-16-8-6-15(19)7-9-16/h2-9H,10-11H2,1H3,(H,21,24). The summed E-state index contributed by atoms with van der Waals surface area (Å²) in [5, 5.41) is 12.5. The summed E-state index contributed by atoms with van der Waals surface area (Å²) in [6.07, 6.45) is 0.113. The van der Waals surface area contributed by atoms with E-state index in [1.54, 1.807) is 48.5 Å². The number of nitrogens with zero attached hydrogens (tertiary/aromatic N) is 2. The predicted octanol–water partition coefficient (Wildman–Crippen LogP) is 3.59. The second kappa shape index (κ2) is 8.14. The average Bonchev–Trinajstić information content (AvgIpc) is 2.57. The molecule has 0 aliphatic heterocycles. The van der Waals surface area contributed by atoms with Crippen molar-refractivity contribution in [2.24, 2.45) is 0 Å². The molecule has 0 aliphatic rings. The van der Waals surface area contributed by atoms with Gasteiger partial charge in [-0.25, -0.2) is 0 Å². The van der Waals surface area contributed by atoms with Gasteiger partial charge in [0.1, 0.15) is 6.07 Å². The third-order valence-corrected chi connectivity index (χ3v) is 3.64. The molecule has 0 spiro atoms. The molecule has 0 fully saturated rings. The second-order valence-corrected chi connectivity index (χ2v) is 5.54. The van der Waals surface area contributed by atoms with Crippen LogP contribution in [0, 0.1) is 11.3 Å². The number of nitrogens with one attached hydrogen (secondary N) is 1. The van der Waals surface area contributed by atoms with Gasteiger partial charge in [0.2, 0.25) is 11.8 Å². The number of benzene rings is 2. The lowest BCUT2D eigenvalue weighted by molar-refractivity contribution is -0.117. The van der Waals surface area contributed by atoms with Gasteiger partial charge in [-0.3, -0.25) is 9.59 Å². The van der Waals surface area contributed by atoms with Gasteiger partial charge in [0.15, 0.2) is 0 Å². The Kier molecular flexibility index (Phi) is 5.94. The molecule has 2 rings (SSSR count). The lowest BCUT2D eigenvalue weighted by Crippen LogP contribution is -2.32. The van der Waals surface area contributed by atoms with Crippen LogP contribution in [0.15, 0.2) is 48.5 Å². The summed E-state index contributed by atoms with van der Waals surface area (Å²) >= 11 is 5.80. The first-order valence-electron chi connectivity index (χ1n) is 7.34. The number of amides is 2. The zero-order valence-electron chi connectivity index (χ0n) is 13.1. The molecule has 0 heterocycles. The van der Waals surface area contributed by atoms with Gasteiger partial charge < -0.3 is 10.2 Å². The summed E-state index contributed by atoms with van der Waals surface area (Å²) in [4.78, 5) is 25.4. The highest BCUT2D eigenvalue weighted by Gasteiger charge is 2.16. The number of hydrogen-bond acceptors (Lipinski definition) is 3. The fraction of sp³-hybridized carbons (Fsp3) is 0.167. The highest BCUT2D eigenvalue weighted by atomic mass is 35.5. The first-order chi connectivity index (χ1) is 11.5. The summed E-state index contributed by atoms with van der Waals surface area (Å²) in [5.74, 6) is -0.449. The van der Waals surface area contributed by atoms with E-state index < -0.39 is 0 Å². The Bertz CT molecular complexity index is 782. The van der Waals surface area contributed by atoms with Crippen molar-refractivity contribution in [3.63, 3.8) is 0 Å². The van der Waals surface area contributed by atoms with Crippen LogP contribution in [0.4, 0.5) is 11.4 Å². The Labute approximate surface area is 145 Å². The summed E-state index contributed by atoms with van der Waals surface area (Å²) < 4.78 is 0. The Hall–Kier alpha value is -2.84. The number of carbonyl (C=O) groups excluding carboxylic acids is 2. The maximum absolute atomic E-state index is 12.1. The Morgan fingerprint density at radius 3 is 2.46 bits per heavy atom. The van der Waals surface area contributed by atoms with Crippen molar-refractivity contribution >= 4 is 34.8 Å². The van der Waals surface area contributed by atoms with Crippen LogP contribution >= 0.6 is 11.6 Å². The Balaban J connectivity index is 2.04. The molecule has 6 heteroatoms. The quantitative estimate of drug-likeness (QED) is 0.903. The van der Waals surface area contributed by atoms with Crippen LogP contribution in [-0.2, 0) is 9.59 Å². The maximum atomic E-state index is 12.1. The van der Waals surface area contributed by atoms with Gasteiger partial charge in [-0.15, -0.1) is 0 Å². The fourth-order valence-corrected chi connectivity index (χ4v) is 2.35. The number of rotatable bonds is 5. The van der Waals surface area contributed by atoms with Crippen molar-refractivity contribution < 1.29 is 9.59 Å². The van der Waals surface area contributed by atoms with Crippen molar-refractivity contribution in [2.45, 2.75) is 13.3 Å². The molecule has 0 aliphatic carbocycles. The van der Waals surface area contributed by atoms with Crippen molar-refractivity contribution in [1.29, 1.82) is 5.26 Å². The van der Waals surface area contributed by atoms with Crippen molar-refractivity contribution in [3.05, 3.63) is 59.1 Å². The van der Waals surface area contributed by atoms with Crippen molar-refractivity contribution in [2.75, 3.05) is 16.8 Å². The molecule has 122 valence electrons. The van der Waals surface area contributed by atoms with Crippen LogP contribution in [0.1, 0.15) is 18.9 Å². The van der Waals surface area contributed by atoms with Crippen molar-refractivity contribution in [3.8, 4) is 6.07 Å². The fourth-order valence-electron chi connectivity index (χ4n) is 2.22. The Morgan fingerprint density at radius 1 is 1.17 bits per heavy atom. The van der Waals surface area contributed by atoms with Crippen LogP contribution < -0.4 is 10.2 Å². The number of nitriles is 1. The van der Waals surface area contributed by atoms with Crippen LogP contribution in [-0.4, -0.2) is 18.4 Å². The first kappa shape index (κ1) is 17.5. The second-order valence-electron chi connectivity index (χ2n) is 5.10. The molecule has 1 N–H and O–H groups in total. The van der Waals surface area contributed by atoms with E-state index in [1.165, 1.54) is 11.8 Å². The van der Waals surface area contributed by atoms with E-state index in [0.29, 0.717) is 22.0 Å². The molecule has 0 radical (unpaired) electrons. The number of para-hydroxylation sites is 1. The number of halogens is 1. The van der Waals surface area contributed by atoms with E-state index in [2.05, 4.69) is 11.4 Å². The van der Waals surface area contributed by atoms with E-state index >= 15 is 0 Å². The zero-order valence-corrected chi connectivity index (χ0v) is 13.9. The molecule has 0 saturated heterocycles. The molecule has 2 aromatic carbocycles. The third kappa shape index (κ3) is 4.58. The number of hydrogen-bond donors (Lipinski definition) is 1. The lowest BCUT2D eigenvalue weighted by atomic mass is 10.1. The Morgan fingerprint density at radius 2 is 1.83 bits per heavy atom. The van der Waals surface area contributed by atoms with Crippen LogP contribution in [0.2, 0.25) is 5.02 Å². The van der Waals surface area contributed by atoms with Crippen LogP contribution in [0.5, 0.6) is 0 Å². The molecule has 0 saturated carbocycles. The topological polar surface area (TPSA) is 73.2 Å². The molecule has 24 heavy (non-hydrogen) atoms. The minimum absolute atomic E-state index is 0.113. The summed E-state index contributed by atoms with van der Waals surface area (Å²) in [6.45, 7) is 1.60. The molecule has 2 amide bonds. The van der Waals surface area contributed by atoms with E-state index in [0.717, 1.165) is 0 Å². The third-order valence-electron chi connectivity index (χ3n) is 3.39. The van der Waals surface area contributed by atoms with E-state index in [-0.39, 0.29) is 24.8 Å². The van der Waals surface area contributed by atoms with Gasteiger partial charge in [-0.2, -0.15) is 5.26 Å². The largest absolute Gasteiger partial charge is 0.326 e. The van der Waals surface area contributed by atoms with Crippen LogP contribution in [0.25, 0.3) is 0 Å². The molecule has 0 atom stereocenters. The highest BCUT2D eigenvalue weighted by molar-refractivity contribution is 6.30. The average molecular weight is 342 g/mol. The first-order valence-corrected chi connectivity index (χ1v) is 7.71. The SMILES string of the molecule is CC(=O)N(CCC(=O)Nc1ccc(Cl)cc1)c1ccccc1C#N. The van der Waals surface area contributed by atoms with Gasteiger partial charge in [0, 0.05) is 30.6 Å². The van der Waals surface area contributed by atoms with Crippen molar-refractivity contribution in [1.82, 2.24) is 0 Å². The molecule has 0 aromatic heterocycles. The molecule has 0 unspecified atom stereocenters. The molecular formula is C18H16ClN3O2. The lowest BCUT2D eigenvalue weighted by Gasteiger charge is -2.22. The van der Waals surface area contributed by atoms with Gasteiger partial charge in [0.25, 0.3) is 0 Å². The smallest absolute Gasteiger partial charge is 0.226 e. The van der Waals surface area contributed by atoms with Gasteiger partial charge >= 0.3 is 0 Å². The number of carbonyl (C=O) groups is 2. The summed E-state index contributed by atoms with van der Waals surface area (Å²) in [6, 6.07) is 15.6. The van der Waals surface area contributed by atoms with Gasteiger partial charge in [-0.05, 0) is 36.4 Å². The minimum atomic E-state index is -0.225. The monoisotopic (exact) mass is 341 g/mol. The van der Waals surface area contributed by atoms with E-state index in [1.807, 2.05) is 0 Å². The van der Waals surface area contributed by atoms with Gasteiger partial charge in [-0.1, -0.05) is 23.7 Å². The molecule has 0 bridgehead atoms. The van der Waals surface area contributed by atoms with E-state index in [4.69, 9.17) is 16.9 Å². The predicted molar refractivity (Wildman–Crippen MR) is 93.9 cm³/mol. The van der Waals surface area contributed by atoms with E-state index in [9.17, 15) is 9.59 Å². The zero-order chi connectivity index (χ0) is 17.5. The van der Waals surface area contributed by atoms with Crippen LogP contribution in [0.3, 0.4) is 0 Å². The molecule has 2 aromatic rings. The highest BCUT2D eigenvalue weighted by Crippen LogP contribution is 2.20. The molecular weight excluding hydrogens is 326 g/mol. The number of anilines is 2.